The topological polar surface area (TPSA) is 66.5 Å². The number of carbonyl (C=O) groups excluding carboxylic acids is 1. The number of benzene rings is 1. The van der Waals surface area contributed by atoms with Gasteiger partial charge in [-0.05, 0) is 43.9 Å². The number of rotatable bonds is 6. The van der Waals surface area contributed by atoms with E-state index in [2.05, 4.69) is 4.72 Å². The maximum Gasteiger partial charge on any atom is 0.236 e. The van der Waals surface area contributed by atoms with Crippen LogP contribution in [0.25, 0.3) is 0 Å². The molecule has 1 heterocycles. The van der Waals surface area contributed by atoms with E-state index in [1.165, 1.54) is 0 Å². The molecule has 0 unspecified atom stereocenters. The van der Waals surface area contributed by atoms with E-state index in [0.717, 1.165) is 16.8 Å². The van der Waals surface area contributed by atoms with Gasteiger partial charge < -0.3 is 4.90 Å². The van der Waals surface area contributed by atoms with Crippen molar-refractivity contribution in [1.82, 2.24) is 4.72 Å². The molecule has 0 fully saturated rings. The fourth-order valence-electron chi connectivity index (χ4n) is 2.87. The third kappa shape index (κ3) is 3.17. The Kier molecular flexibility index (Phi) is 4.63. The van der Waals surface area contributed by atoms with Crippen molar-refractivity contribution in [3.05, 3.63) is 29.3 Å². The van der Waals surface area contributed by atoms with Gasteiger partial charge in [0.15, 0.2) is 0 Å². The van der Waals surface area contributed by atoms with Crippen molar-refractivity contribution < 1.29 is 13.2 Å². The standard InChI is InChI=1S/C16H24N2O3S/c1-5-10-22(20,21)17-9-8-12-6-7-14-13(11-12)16(2,3)15(19)18(14)4/h6-7,11,17H,5,8-10H2,1-4H3. The van der Waals surface area contributed by atoms with Crippen molar-refractivity contribution >= 4 is 21.6 Å². The van der Waals surface area contributed by atoms with Crippen molar-refractivity contribution in [2.24, 2.45) is 0 Å². The minimum absolute atomic E-state index is 0.0864. The van der Waals surface area contributed by atoms with Gasteiger partial charge in [0.2, 0.25) is 15.9 Å². The quantitative estimate of drug-likeness (QED) is 0.868. The lowest BCUT2D eigenvalue weighted by Crippen LogP contribution is -2.33. The molecule has 5 nitrogen and oxygen atoms in total. The minimum atomic E-state index is -3.17. The highest BCUT2D eigenvalue weighted by Gasteiger charge is 2.42. The summed E-state index contributed by atoms with van der Waals surface area (Å²) in [5.41, 5.74) is 2.45. The van der Waals surface area contributed by atoms with Crippen LogP contribution in [0.4, 0.5) is 5.69 Å². The molecule has 1 aliphatic heterocycles. The molecule has 1 aliphatic rings. The van der Waals surface area contributed by atoms with Gasteiger partial charge in [-0.2, -0.15) is 0 Å². The molecule has 122 valence electrons. The summed E-state index contributed by atoms with van der Waals surface area (Å²) in [7, 11) is -1.38. The van der Waals surface area contributed by atoms with Crippen LogP contribution in [0.5, 0.6) is 0 Å². The lowest BCUT2D eigenvalue weighted by Gasteiger charge is -2.16. The molecule has 0 saturated carbocycles. The Hall–Kier alpha value is -1.40. The molecule has 6 heteroatoms. The number of nitrogens with one attached hydrogen (secondary N) is 1. The molecule has 0 radical (unpaired) electrons. The first kappa shape index (κ1) is 17.0. The lowest BCUT2D eigenvalue weighted by molar-refractivity contribution is -0.121. The number of sulfonamides is 1. The second kappa shape index (κ2) is 6.01. The van der Waals surface area contributed by atoms with E-state index >= 15 is 0 Å². The molecule has 0 spiro atoms. The molecule has 0 bridgehead atoms. The number of carbonyl (C=O) groups is 1. The summed E-state index contributed by atoms with van der Waals surface area (Å²) < 4.78 is 25.9. The lowest BCUT2D eigenvalue weighted by atomic mass is 9.85. The van der Waals surface area contributed by atoms with Crippen molar-refractivity contribution in [3.8, 4) is 0 Å². The van der Waals surface area contributed by atoms with Gasteiger partial charge in [0, 0.05) is 19.3 Å². The number of hydrogen-bond donors (Lipinski definition) is 1. The van der Waals surface area contributed by atoms with E-state index in [1.807, 2.05) is 39.0 Å². The first-order chi connectivity index (χ1) is 10.2. The zero-order chi connectivity index (χ0) is 16.5. The summed E-state index contributed by atoms with van der Waals surface area (Å²) in [5, 5.41) is 0. The Bertz CT molecular complexity index is 681. The van der Waals surface area contributed by atoms with Crippen molar-refractivity contribution in [2.75, 3.05) is 24.2 Å². The van der Waals surface area contributed by atoms with Crippen molar-refractivity contribution in [2.45, 2.75) is 39.0 Å². The average Bonchev–Trinajstić information content (AvgIpc) is 2.60. The van der Waals surface area contributed by atoms with Gasteiger partial charge in [-0.1, -0.05) is 19.1 Å². The third-order valence-electron chi connectivity index (χ3n) is 4.14. The van der Waals surface area contributed by atoms with Gasteiger partial charge in [0.25, 0.3) is 0 Å². The summed E-state index contributed by atoms with van der Waals surface area (Å²) in [4.78, 5) is 13.9. The van der Waals surface area contributed by atoms with Gasteiger partial charge in [-0.3, -0.25) is 4.79 Å². The van der Waals surface area contributed by atoms with Crippen molar-refractivity contribution in [1.29, 1.82) is 0 Å². The van der Waals surface area contributed by atoms with Gasteiger partial charge >= 0.3 is 0 Å². The number of fused-ring (bicyclic) bond motifs is 1. The van der Waals surface area contributed by atoms with E-state index in [9.17, 15) is 13.2 Å². The molecule has 0 aliphatic carbocycles. The highest BCUT2D eigenvalue weighted by Crippen LogP contribution is 2.41. The zero-order valence-electron chi connectivity index (χ0n) is 13.6. The van der Waals surface area contributed by atoms with Gasteiger partial charge in [0.05, 0.1) is 11.2 Å². The number of anilines is 1. The Morgan fingerprint density at radius 1 is 1.27 bits per heavy atom. The van der Waals surface area contributed by atoms with E-state index in [1.54, 1.807) is 11.9 Å². The van der Waals surface area contributed by atoms with Gasteiger partial charge in [-0.15, -0.1) is 0 Å². The van der Waals surface area contributed by atoms with Crippen LogP contribution >= 0.6 is 0 Å². The smallest absolute Gasteiger partial charge is 0.236 e. The van der Waals surface area contributed by atoms with E-state index in [0.29, 0.717) is 19.4 Å². The molecular weight excluding hydrogens is 300 g/mol. The van der Waals surface area contributed by atoms with Crippen LogP contribution in [0.2, 0.25) is 0 Å². The van der Waals surface area contributed by atoms with Crippen LogP contribution in [0.3, 0.4) is 0 Å². The molecule has 1 N–H and O–H groups in total. The van der Waals surface area contributed by atoms with Crippen LogP contribution < -0.4 is 9.62 Å². The second-order valence-electron chi connectivity index (χ2n) is 6.30. The van der Waals surface area contributed by atoms with Crippen LogP contribution in [0.15, 0.2) is 18.2 Å². The van der Waals surface area contributed by atoms with Crippen LogP contribution in [-0.2, 0) is 26.7 Å². The maximum atomic E-state index is 12.2. The Balaban J connectivity index is 2.10. The molecule has 0 aromatic heterocycles. The number of amides is 1. The summed E-state index contributed by atoms with van der Waals surface area (Å²) in [6, 6.07) is 5.92. The van der Waals surface area contributed by atoms with E-state index < -0.39 is 15.4 Å². The molecule has 1 aromatic carbocycles. The summed E-state index contributed by atoms with van der Waals surface area (Å²) >= 11 is 0. The highest BCUT2D eigenvalue weighted by atomic mass is 32.2. The zero-order valence-corrected chi connectivity index (χ0v) is 14.5. The molecular formula is C16H24N2O3S. The van der Waals surface area contributed by atoms with Crippen LogP contribution in [0.1, 0.15) is 38.3 Å². The third-order valence-corrected chi connectivity index (χ3v) is 5.73. The summed E-state index contributed by atoms with van der Waals surface area (Å²) in [6.07, 6.45) is 1.22. The summed E-state index contributed by atoms with van der Waals surface area (Å²) in [6.45, 7) is 6.07. The normalized spacial score (nSPS) is 16.9. The second-order valence-corrected chi connectivity index (χ2v) is 8.23. The maximum absolute atomic E-state index is 12.2. The first-order valence-electron chi connectivity index (χ1n) is 7.58. The average molecular weight is 324 g/mol. The first-order valence-corrected chi connectivity index (χ1v) is 9.23. The predicted octanol–water partition coefficient (Wildman–Crippen LogP) is 1.81. The molecule has 0 saturated heterocycles. The van der Waals surface area contributed by atoms with Crippen molar-refractivity contribution in [3.63, 3.8) is 0 Å². The Morgan fingerprint density at radius 2 is 1.95 bits per heavy atom. The fourth-order valence-corrected chi connectivity index (χ4v) is 3.96. The van der Waals surface area contributed by atoms with E-state index in [-0.39, 0.29) is 11.7 Å². The summed E-state index contributed by atoms with van der Waals surface area (Å²) in [5.74, 6) is 0.243. The Morgan fingerprint density at radius 3 is 2.59 bits per heavy atom. The molecule has 2 rings (SSSR count). The largest absolute Gasteiger partial charge is 0.314 e. The molecule has 1 aromatic rings. The Labute approximate surface area is 132 Å². The SMILES string of the molecule is CCCS(=O)(=O)NCCc1ccc2c(c1)C(C)(C)C(=O)N2C. The number of nitrogens with zero attached hydrogens (tertiary/aromatic N) is 1. The van der Waals surface area contributed by atoms with Gasteiger partial charge in [-0.25, -0.2) is 13.1 Å². The predicted molar refractivity (Wildman–Crippen MR) is 88.7 cm³/mol. The van der Waals surface area contributed by atoms with Crippen LogP contribution in [0, 0.1) is 0 Å². The monoisotopic (exact) mass is 324 g/mol. The van der Waals surface area contributed by atoms with Gasteiger partial charge in [0.1, 0.15) is 0 Å². The molecule has 0 atom stereocenters. The van der Waals surface area contributed by atoms with E-state index in [4.69, 9.17) is 0 Å². The number of hydrogen-bond acceptors (Lipinski definition) is 3. The van der Waals surface area contributed by atoms with Crippen LogP contribution in [-0.4, -0.2) is 33.7 Å². The molecule has 1 amide bonds. The minimum Gasteiger partial charge on any atom is -0.314 e. The highest BCUT2D eigenvalue weighted by molar-refractivity contribution is 7.89. The fraction of sp³-hybridized carbons (Fsp3) is 0.562. The molecule has 22 heavy (non-hydrogen) atoms. The number of likely N-dealkylation sites (N-methyl/N-ethyl adjacent to an activating group) is 1.